The molecule has 4 aromatic rings. The van der Waals surface area contributed by atoms with Gasteiger partial charge >= 0.3 is 5.97 Å². The molecule has 1 aromatic carbocycles. The average Bonchev–Trinajstić information content (AvgIpc) is 3.25. The molecule has 6 rings (SSSR count). The standard InChI is InChI=1S/C28H28ClFN6O4/c29-19-2-1-17(22(30)13-19)12-24-31-7-3-26(33-24)40-20-4-8-35(9-5-20)16-25-34-27-23(11-18(14-32-27)28(37)38)36(25)15-21-6-10-39-21/h1-3,7,11,13-14,20-21H,4-6,8-10,12,15-16H2,(H,37,38)/t21-/m0/s1. The fourth-order valence-corrected chi connectivity index (χ4v) is 5.21. The number of aromatic carboxylic acids is 1. The molecule has 0 amide bonds. The zero-order valence-corrected chi connectivity index (χ0v) is 22.4. The van der Waals surface area contributed by atoms with E-state index in [1.54, 1.807) is 30.5 Å². The van der Waals surface area contributed by atoms with Gasteiger partial charge in [0.1, 0.15) is 23.6 Å². The Kier molecular flexibility index (Phi) is 7.59. The molecule has 0 spiro atoms. The fraction of sp³-hybridized carbons (Fsp3) is 0.393. The molecule has 0 aliphatic carbocycles. The number of fused-ring (bicyclic) bond motifs is 1. The number of rotatable bonds is 9. The number of hydrogen-bond donors (Lipinski definition) is 1. The summed E-state index contributed by atoms with van der Waals surface area (Å²) in [7, 11) is 0. The highest BCUT2D eigenvalue weighted by Crippen LogP contribution is 2.24. The predicted octanol–water partition coefficient (Wildman–Crippen LogP) is 4.14. The first kappa shape index (κ1) is 26.5. The Morgan fingerprint density at radius 2 is 1.98 bits per heavy atom. The minimum Gasteiger partial charge on any atom is -0.478 e. The number of nitrogens with zero attached hydrogens (tertiary/aromatic N) is 6. The SMILES string of the molecule is O=C(O)c1cnc2nc(CN3CCC(Oc4ccnc(Cc5ccc(Cl)cc5F)n4)CC3)n(C[C@@H]3CCO3)c2c1. The Morgan fingerprint density at radius 3 is 2.70 bits per heavy atom. The van der Waals surface area contributed by atoms with Gasteiger partial charge in [0.05, 0.1) is 30.3 Å². The van der Waals surface area contributed by atoms with Gasteiger partial charge in [-0.3, -0.25) is 4.90 Å². The van der Waals surface area contributed by atoms with Crippen LogP contribution in [0.4, 0.5) is 4.39 Å². The van der Waals surface area contributed by atoms with Crippen LogP contribution in [0.5, 0.6) is 5.88 Å². The molecule has 2 saturated heterocycles. The van der Waals surface area contributed by atoms with Crippen molar-refractivity contribution in [1.29, 1.82) is 0 Å². The zero-order valence-electron chi connectivity index (χ0n) is 21.7. The van der Waals surface area contributed by atoms with Gasteiger partial charge in [-0.1, -0.05) is 17.7 Å². The van der Waals surface area contributed by atoms with Crippen LogP contribution in [0.1, 0.15) is 46.8 Å². The molecule has 12 heteroatoms. The van der Waals surface area contributed by atoms with Crippen molar-refractivity contribution < 1.29 is 23.8 Å². The highest BCUT2D eigenvalue weighted by molar-refractivity contribution is 6.30. The van der Waals surface area contributed by atoms with Gasteiger partial charge in [-0.2, -0.15) is 4.98 Å². The second kappa shape index (κ2) is 11.4. The van der Waals surface area contributed by atoms with Crippen molar-refractivity contribution in [2.45, 2.75) is 51.0 Å². The molecule has 0 bridgehead atoms. The van der Waals surface area contributed by atoms with Crippen LogP contribution in [-0.2, 0) is 24.2 Å². The number of aromatic nitrogens is 5. The molecule has 0 radical (unpaired) electrons. The zero-order chi connectivity index (χ0) is 27.6. The van der Waals surface area contributed by atoms with E-state index in [4.69, 9.17) is 26.1 Å². The lowest BCUT2D eigenvalue weighted by molar-refractivity contribution is -0.0592. The van der Waals surface area contributed by atoms with Gasteiger partial charge in [-0.05, 0) is 43.0 Å². The maximum absolute atomic E-state index is 14.2. The molecule has 1 N–H and O–H groups in total. The third-order valence-corrected chi connectivity index (χ3v) is 7.58. The van der Waals surface area contributed by atoms with Gasteiger partial charge in [0.15, 0.2) is 5.65 Å². The molecular weight excluding hydrogens is 539 g/mol. The van der Waals surface area contributed by atoms with Crippen molar-refractivity contribution >= 4 is 28.7 Å². The van der Waals surface area contributed by atoms with Gasteiger partial charge in [0.2, 0.25) is 5.88 Å². The number of carboxylic acids is 1. The van der Waals surface area contributed by atoms with E-state index in [2.05, 4.69) is 19.9 Å². The predicted molar refractivity (Wildman–Crippen MR) is 144 cm³/mol. The van der Waals surface area contributed by atoms with Crippen LogP contribution in [0, 0.1) is 5.82 Å². The lowest BCUT2D eigenvalue weighted by Gasteiger charge is -2.32. The number of halogens is 2. The smallest absolute Gasteiger partial charge is 0.337 e. The van der Waals surface area contributed by atoms with E-state index in [0.717, 1.165) is 44.8 Å². The first-order valence-electron chi connectivity index (χ1n) is 13.3. The topological polar surface area (TPSA) is 115 Å². The maximum Gasteiger partial charge on any atom is 0.337 e. The van der Waals surface area contributed by atoms with E-state index >= 15 is 0 Å². The quantitative estimate of drug-likeness (QED) is 0.319. The molecular formula is C28H28ClFN6O4. The van der Waals surface area contributed by atoms with Gasteiger partial charge in [0.25, 0.3) is 0 Å². The molecule has 2 fully saturated rings. The molecule has 208 valence electrons. The summed E-state index contributed by atoms with van der Waals surface area (Å²) in [4.78, 5) is 31.6. The molecule has 10 nitrogen and oxygen atoms in total. The molecule has 3 aromatic heterocycles. The summed E-state index contributed by atoms with van der Waals surface area (Å²) in [6.07, 6.45) is 5.88. The summed E-state index contributed by atoms with van der Waals surface area (Å²) in [6, 6.07) is 7.92. The monoisotopic (exact) mass is 566 g/mol. The first-order valence-corrected chi connectivity index (χ1v) is 13.6. The van der Waals surface area contributed by atoms with Crippen molar-refractivity contribution in [1.82, 2.24) is 29.4 Å². The largest absolute Gasteiger partial charge is 0.478 e. The van der Waals surface area contributed by atoms with Crippen LogP contribution in [0.25, 0.3) is 11.2 Å². The van der Waals surface area contributed by atoms with Crippen molar-refractivity contribution in [2.75, 3.05) is 19.7 Å². The summed E-state index contributed by atoms with van der Waals surface area (Å²) >= 11 is 5.85. The minimum absolute atomic E-state index is 0.00625. The number of likely N-dealkylation sites (tertiary alicyclic amines) is 1. The minimum atomic E-state index is -1.02. The molecule has 2 aliphatic rings. The number of pyridine rings is 1. The van der Waals surface area contributed by atoms with E-state index in [1.165, 1.54) is 12.3 Å². The summed E-state index contributed by atoms with van der Waals surface area (Å²) in [5.74, 6) is 0.389. The average molecular weight is 567 g/mol. The third kappa shape index (κ3) is 5.91. The summed E-state index contributed by atoms with van der Waals surface area (Å²) < 4.78 is 28.1. The summed E-state index contributed by atoms with van der Waals surface area (Å²) in [5.41, 5.74) is 1.86. The normalized spacial score (nSPS) is 18.1. The van der Waals surface area contributed by atoms with E-state index in [1.807, 2.05) is 4.57 Å². The first-order chi connectivity index (χ1) is 19.4. The van der Waals surface area contributed by atoms with Crippen LogP contribution in [0.3, 0.4) is 0 Å². The fourth-order valence-electron chi connectivity index (χ4n) is 5.05. The maximum atomic E-state index is 14.2. The van der Waals surface area contributed by atoms with Crippen molar-refractivity contribution in [3.63, 3.8) is 0 Å². The number of benzene rings is 1. The molecule has 5 heterocycles. The number of ether oxygens (including phenoxy) is 2. The lowest BCUT2D eigenvalue weighted by Crippen LogP contribution is -2.39. The van der Waals surface area contributed by atoms with E-state index in [-0.39, 0.29) is 30.0 Å². The number of imidazole rings is 1. The molecule has 2 aliphatic heterocycles. The van der Waals surface area contributed by atoms with Gasteiger partial charge in [-0.15, -0.1) is 0 Å². The van der Waals surface area contributed by atoms with Crippen LogP contribution in [-0.4, -0.2) is 72.4 Å². The van der Waals surface area contributed by atoms with Crippen LogP contribution in [0.15, 0.2) is 42.7 Å². The number of hydrogen-bond acceptors (Lipinski definition) is 8. The Bertz CT molecular complexity index is 1540. The number of carboxylic acid groups (broad SMARTS) is 1. The second-order valence-electron chi connectivity index (χ2n) is 10.1. The van der Waals surface area contributed by atoms with E-state index in [9.17, 15) is 14.3 Å². The Balaban J connectivity index is 1.09. The van der Waals surface area contributed by atoms with Gasteiger partial charge < -0.3 is 19.1 Å². The van der Waals surface area contributed by atoms with Gasteiger partial charge in [-0.25, -0.2) is 24.1 Å². The van der Waals surface area contributed by atoms with Crippen LogP contribution in [0.2, 0.25) is 5.02 Å². The highest BCUT2D eigenvalue weighted by atomic mass is 35.5. The van der Waals surface area contributed by atoms with Crippen molar-refractivity contribution in [2.24, 2.45) is 0 Å². The Hall–Kier alpha value is -3.67. The molecule has 1 atom stereocenters. The van der Waals surface area contributed by atoms with Crippen molar-refractivity contribution in [3.8, 4) is 5.88 Å². The van der Waals surface area contributed by atoms with Crippen molar-refractivity contribution in [3.05, 3.63) is 76.3 Å². The number of carbonyl (C=O) groups is 1. The molecule has 40 heavy (non-hydrogen) atoms. The molecule has 0 unspecified atom stereocenters. The number of piperidine rings is 1. The second-order valence-corrected chi connectivity index (χ2v) is 10.5. The van der Waals surface area contributed by atoms with E-state index in [0.29, 0.717) is 46.5 Å². The third-order valence-electron chi connectivity index (χ3n) is 7.34. The van der Waals surface area contributed by atoms with Crippen LogP contribution >= 0.6 is 11.6 Å². The van der Waals surface area contributed by atoms with Gasteiger partial charge in [0, 0.05) is 49.6 Å². The van der Waals surface area contributed by atoms with E-state index < -0.39 is 5.97 Å². The molecule has 0 saturated carbocycles. The lowest BCUT2D eigenvalue weighted by atomic mass is 10.1. The summed E-state index contributed by atoms with van der Waals surface area (Å²) in [5, 5.41) is 9.78. The highest BCUT2D eigenvalue weighted by Gasteiger charge is 2.26. The van der Waals surface area contributed by atoms with Crippen LogP contribution < -0.4 is 4.74 Å². The Morgan fingerprint density at radius 1 is 1.15 bits per heavy atom. The summed E-state index contributed by atoms with van der Waals surface area (Å²) in [6.45, 7) is 3.57. The Labute approximate surface area is 234 Å².